The second-order valence-electron chi connectivity index (χ2n) is 5.33. The number of pyridine rings is 1. The van der Waals surface area contributed by atoms with Crippen molar-refractivity contribution in [3.05, 3.63) is 24.2 Å². The molecule has 6 heteroatoms. The zero-order chi connectivity index (χ0) is 14.5. The van der Waals surface area contributed by atoms with Gasteiger partial charge in [-0.2, -0.15) is 4.98 Å². The fourth-order valence-corrected chi connectivity index (χ4v) is 2.60. The van der Waals surface area contributed by atoms with Crippen molar-refractivity contribution < 1.29 is 9.26 Å². The number of piperidine rings is 1. The minimum absolute atomic E-state index is 0.577. The van der Waals surface area contributed by atoms with Crippen LogP contribution in [-0.4, -0.2) is 35.3 Å². The van der Waals surface area contributed by atoms with Gasteiger partial charge in [0.15, 0.2) is 0 Å². The molecule has 0 aliphatic carbocycles. The molecule has 6 nitrogen and oxygen atoms in total. The van der Waals surface area contributed by atoms with Crippen LogP contribution in [0.15, 0.2) is 22.9 Å². The number of hydrogen-bond acceptors (Lipinski definition) is 6. The second kappa shape index (κ2) is 6.67. The Bertz CT molecular complexity index is 561. The van der Waals surface area contributed by atoms with E-state index < -0.39 is 0 Å². The Kier molecular flexibility index (Phi) is 4.45. The summed E-state index contributed by atoms with van der Waals surface area (Å²) in [6, 6.07) is 3.67. The minimum atomic E-state index is 0.577. The van der Waals surface area contributed by atoms with Crippen LogP contribution in [0.5, 0.6) is 5.88 Å². The Morgan fingerprint density at radius 2 is 2.19 bits per heavy atom. The summed E-state index contributed by atoms with van der Waals surface area (Å²) < 4.78 is 10.4. The first-order valence-corrected chi connectivity index (χ1v) is 7.39. The number of nitrogens with zero attached hydrogens (tertiary/aromatic N) is 3. The lowest BCUT2D eigenvalue weighted by Gasteiger charge is -2.21. The number of aryl methyl sites for hydroxylation is 1. The first kappa shape index (κ1) is 14.0. The number of rotatable bonds is 5. The standard InChI is InChI=1S/C15H20N4O2/c1-20-13-5-3-12(10-17-13)15-18-14(21-19-15)4-2-11-6-8-16-9-7-11/h3,5,10-11,16H,2,4,6-9H2,1H3. The molecule has 0 radical (unpaired) electrons. The SMILES string of the molecule is COc1ccc(-c2noc(CCC3CCNCC3)n2)cn1. The van der Waals surface area contributed by atoms with E-state index >= 15 is 0 Å². The van der Waals surface area contributed by atoms with Crippen LogP contribution in [0.1, 0.15) is 25.2 Å². The van der Waals surface area contributed by atoms with Crippen molar-refractivity contribution in [2.24, 2.45) is 5.92 Å². The number of nitrogens with one attached hydrogen (secondary N) is 1. The largest absolute Gasteiger partial charge is 0.481 e. The van der Waals surface area contributed by atoms with Crippen molar-refractivity contribution in [2.45, 2.75) is 25.7 Å². The van der Waals surface area contributed by atoms with Crippen LogP contribution >= 0.6 is 0 Å². The molecule has 0 saturated carbocycles. The van der Waals surface area contributed by atoms with Gasteiger partial charge in [-0.15, -0.1) is 0 Å². The van der Waals surface area contributed by atoms with Crippen LogP contribution < -0.4 is 10.1 Å². The Balaban J connectivity index is 1.59. The highest BCUT2D eigenvalue weighted by atomic mass is 16.5. The molecule has 3 heterocycles. The van der Waals surface area contributed by atoms with E-state index in [0.717, 1.165) is 37.4 Å². The third kappa shape index (κ3) is 3.58. The van der Waals surface area contributed by atoms with Crippen LogP contribution in [0.3, 0.4) is 0 Å². The number of methoxy groups -OCH3 is 1. The summed E-state index contributed by atoms with van der Waals surface area (Å²) in [6.07, 6.45) is 6.14. The molecule has 2 aromatic heterocycles. The van der Waals surface area contributed by atoms with Gasteiger partial charge in [-0.3, -0.25) is 0 Å². The molecule has 0 unspecified atom stereocenters. The first-order chi connectivity index (χ1) is 10.3. The van der Waals surface area contributed by atoms with Crippen molar-refractivity contribution in [3.8, 4) is 17.3 Å². The van der Waals surface area contributed by atoms with Gasteiger partial charge in [0.25, 0.3) is 0 Å². The predicted molar refractivity (Wildman–Crippen MR) is 78.0 cm³/mol. The van der Waals surface area contributed by atoms with Crippen molar-refractivity contribution in [3.63, 3.8) is 0 Å². The first-order valence-electron chi connectivity index (χ1n) is 7.39. The summed E-state index contributed by atoms with van der Waals surface area (Å²) in [5.41, 5.74) is 0.840. The van der Waals surface area contributed by atoms with E-state index in [1.165, 1.54) is 12.8 Å². The van der Waals surface area contributed by atoms with Gasteiger partial charge in [-0.1, -0.05) is 5.16 Å². The molecule has 0 aromatic carbocycles. The summed E-state index contributed by atoms with van der Waals surface area (Å²) in [7, 11) is 1.59. The normalized spacial score (nSPS) is 16.0. The Labute approximate surface area is 123 Å². The molecular formula is C15H20N4O2. The van der Waals surface area contributed by atoms with Crippen molar-refractivity contribution in [1.82, 2.24) is 20.4 Å². The van der Waals surface area contributed by atoms with Gasteiger partial charge < -0.3 is 14.6 Å². The summed E-state index contributed by atoms with van der Waals surface area (Å²) in [5.74, 6) is 2.64. The van der Waals surface area contributed by atoms with Gasteiger partial charge in [0, 0.05) is 24.2 Å². The molecule has 0 bridgehead atoms. The Morgan fingerprint density at radius 3 is 2.90 bits per heavy atom. The number of hydrogen-bond donors (Lipinski definition) is 1. The molecule has 21 heavy (non-hydrogen) atoms. The molecule has 0 atom stereocenters. The lowest BCUT2D eigenvalue weighted by Crippen LogP contribution is -2.27. The maximum absolute atomic E-state index is 5.33. The van der Waals surface area contributed by atoms with Crippen molar-refractivity contribution in [2.75, 3.05) is 20.2 Å². The van der Waals surface area contributed by atoms with E-state index in [0.29, 0.717) is 17.6 Å². The van der Waals surface area contributed by atoms with Gasteiger partial charge >= 0.3 is 0 Å². The summed E-state index contributed by atoms with van der Waals surface area (Å²) in [4.78, 5) is 8.60. The lowest BCUT2D eigenvalue weighted by atomic mass is 9.93. The van der Waals surface area contributed by atoms with Gasteiger partial charge in [0.05, 0.1) is 7.11 Å². The van der Waals surface area contributed by atoms with E-state index in [4.69, 9.17) is 9.26 Å². The zero-order valence-electron chi connectivity index (χ0n) is 12.2. The maximum atomic E-state index is 5.33. The fraction of sp³-hybridized carbons (Fsp3) is 0.533. The Morgan fingerprint density at radius 1 is 1.33 bits per heavy atom. The van der Waals surface area contributed by atoms with Gasteiger partial charge in [0.1, 0.15) is 0 Å². The molecule has 1 aliphatic rings. The van der Waals surface area contributed by atoms with E-state index in [2.05, 4.69) is 20.4 Å². The zero-order valence-corrected chi connectivity index (χ0v) is 12.2. The summed E-state index contributed by atoms with van der Waals surface area (Å²) in [5, 5.41) is 7.41. The highest BCUT2D eigenvalue weighted by Crippen LogP contribution is 2.20. The third-order valence-corrected chi connectivity index (χ3v) is 3.90. The molecule has 1 N–H and O–H groups in total. The molecule has 0 amide bonds. The van der Waals surface area contributed by atoms with Crippen LogP contribution in [0, 0.1) is 5.92 Å². The fourth-order valence-electron chi connectivity index (χ4n) is 2.60. The van der Waals surface area contributed by atoms with Crippen LogP contribution in [0.25, 0.3) is 11.4 Å². The van der Waals surface area contributed by atoms with Crippen LogP contribution in [0.4, 0.5) is 0 Å². The van der Waals surface area contributed by atoms with Crippen LogP contribution in [0.2, 0.25) is 0 Å². The summed E-state index contributed by atoms with van der Waals surface area (Å²) >= 11 is 0. The van der Waals surface area contributed by atoms with Crippen LogP contribution in [-0.2, 0) is 6.42 Å². The third-order valence-electron chi connectivity index (χ3n) is 3.90. The molecular weight excluding hydrogens is 268 g/mol. The molecule has 1 fully saturated rings. The minimum Gasteiger partial charge on any atom is -0.481 e. The topological polar surface area (TPSA) is 73.1 Å². The highest BCUT2D eigenvalue weighted by Gasteiger charge is 2.15. The average molecular weight is 288 g/mol. The van der Waals surface area contributed by atoms with E-state index in [1.807, 2.05) is 6.07 Å². The van der Waals surface area contributed by atoms with E-state index in [1.54, 1.807) is 19.4 Å². The lowest BCUT2D eigenvalue weighted by molar-refractivity contribution is 0.324. The highest BCUT2D eigenvalue weighted by molar-refractivity contribution is 5.52. The maximum Gasteiger partial charge on any atom is 0.226 e. The summed E-state index contributed by atoms with van der Waals surface area (Å²) in [6.45, 7) is 2.24. The molecule has 2 aromatic rings. The van der Waals surface area contributed by atoms with Gasteiger partial charge in [0.2, 0.25) is 17.6 Å². The molecule has 0 spiro atoms. The quantitative estimate of drug-likeness (QED) is 0.908. The van der Waals surface area contributed by atoms with E-state index in [-0.39, 0.29) is 0 Å². The molecule has 3 rings (SSSR count). The molecule has 1 aliphatic heterocycles. The number of aromatic nitrogens is 3. The van der Waals surface area contributed by atoms with E-state index in [9.17, 15) is 0 Å². The van der Waals surface area contributed by atoms with Gasteiger partial charge in [-0.25, -0.2) is 4.98 Å². The smallest absolute Gasteiger partial charge is 0.226 e. The second-order valence-corrected chi connectivity index (χ2v) is 5.33. The number of ether oxygens (including phenoxy) is 1. The Hall–Kier alpha value is -1.95. The molecule has 112 valence electrons. The molecule has 1 saturated heterocycles. The van der Waals surface area contributed by atoms with Gasteiger partial charge in [-0.05, 0) is 44.3 Å². The predicted octanol–water partition coefficient (Wildman–Crippen LogP) is 2.07. The monoisotopic (exact) mass is 288 g/mol. The average Bonchev–Trinajstić information content (AvgIpc) is 3.03. The van der Waals surface area contributed by atoms with Crippen molar-refractivity contribution >= 4 is 0 Å². The van der Waals surface area contributed by atoms with Crippen molar-refractivity contribution in [1.29, 1.82) is 0 Å².